The molecule has 0 aliphatic carbocycles. The molecule has 0 saturated carbocycles. The summed E-state index contributed by atoms with van der Waals surface area (Å²) in [5.41, 5.74) is 12.6. The summed E-state index contributed by atoms with van der Waals surface area (Å²) in [6.07, 6.45) is 5.74. The summed E-state index contributed by atoms with van der Waals surface area (Å²) in [7, 11) is 0. The summed E-state index contributed by atoms with van der Waals surface area (Å²) in [6.45, 7) is 3.86. The molecule has 4 heteroatoms. The average Bonchev–Trinajstić information content (AvgIpc) is 3.80. The minimum Gasteiger partial charge on any atom is -0.455 e. The van der Waals surface area contributed by atoms with Gasteiger partial charge in [-0.1, -0.05) is 128 Å². The van der Waals surface area contributed by atoms with E-state index in [9.17, 15) is 0 Å². The van der Waals surface area contributed by atoms with E-state index in [1.54, 1.807) is 6.08 Å². The van der Waals surface area contributed by atoms with Crippen LogP contribution < -0.4 is 4.90 Å². The Balaban J connectivity index is 1.14. The van der Waals surface area contributed by atoms with Crippen molar-refractivity contribution in [1.82, 2.24) is 4.98 Å². The van der Waals surface area contributed by atoms with Gasteiger partial charge in [-0.05, 0) is 82.9 Å². The van der Waals surface area contributed by atoms with Crippen LogP contribution in [-0.2, 0) is 0 Å². The summed E-state index contributed by atoms with van der Waals surface area (Å²) < 4.78 is 13.0. The number of rotatable bonds is 8. The van der Waals surface area contributed by atoms with Crippen molar-refractivity contribution in [3.05, 3.63) is 188 Å². The number of nitrogens with zero attached hydrogens (tertiary/aromatic N) is 2. The highest BCUT2D eigenvalue weighted by Crippen LogP contribution is 2.42. The van der Waals surface area contributed by atoms with Crippen LogP contribution >= 0.6 is 0 Å². The highest BCUT2D eigenvalue weighted by atomic mass is 16.4. The lowest BCUT2D eigenvalue weighted by molar-refractivity contribution is 0.615. The molecule has 2 heterocycles. The highest BCUT2D eigenvalue weighted by molar-refractivity contribution is 6.13. The van der Waals surface area contributed by atoms with E-state index in [-0.39, 0.29) is 0 Å². The smallest absolute Gasteiger partial charge is 0.231 e. The Morgan fingerprint density at radius 2 is 1.14 bits per heavy atom. The number of furan rings is 1. The van der Waals surface area contributed by atoms with Crippen molar-refractivity contribution >= 4 is 56.2 Å². The molecule has 0 spiro atoms. The van der Waals surface area contributed by atoms with E-state index in [2.05, 4.69) is 139 Å². The predicted molar refractivity (Wildman–Crippen MR) is 212 cm³/mol. The molecule has 0 saturated heterocycles. The highest BCUT2D eigenvalue weighted by Gasteiger charge is 2.20. The Bertz CT molecular complexity index is 2650. The van der Waals surface area contributed by atoms with Gasteiger partial charge in [-0.3, -0.25) is 0 Å². The molecule has 0 bridgehead atoms. The van der Waals surface area contributed by atoms with Gasteiger partial charge in [0.25, 0.3) is 0 Å². The molecule has 9 rings (SSSR count). The fourth-order valence-electron chi connectivity index (χ4n) is 6.82. The summed E-state index contributed by atoms with van der Waals surface area (Å²) in [6, 6.07) is 56.7. The van der Waals surface area contributed by atoms with E-state index >= 15 is 0 Å². The zero-order valence-corrected chi connectivity index (χ0v) is 27.7. The molecule has 0 aliphatic rings. The van der Waals surface area contributed by atoms with Gasteiger partial charge in [0, 0.05) is 33.4 Å². The molecule has 51 heavy (non-hydrogen) atoms. The van der Waals surface area contributed by atoms with Gasteiger partial charge in [0.1, 0.15) is 16.7 Å². The number of allylic oxidation sites excluding steroid dienone is 2. The third kappa shape index (κ3) is 5.59. The van der Waals surface area contributed by atoms with Gasteiger partial charge in [0.2, 0.25) is 5.89 Å². The molecule has 0 aliphatic heterocycles. The van der Waals surface area contributed by atoms with Crippen molar-refractivity contribution < 1.29 is 8.83 Å². The molecule has 0 fully saturated rings. The van der Waals surface area contributed by atoms with Gasteiger partial charge in [-0.25, -0.2) is 4.98 Å². The summed E-state index contributed by atoms with van der Waals surface area (Å²) in [5, 5.41) is 2.03. The largest absolute Gasteiger partial charge is 0.455 e. The lowest BCUT2D eigenvalue weighted by atomic mass is 10.00. The molecule has 0 unspecified atom stereocenters. The van der Waals surface area contributed by atoms with Crippen LogP contribution in [-0.4, -0.2) is 4.98 Å². The van der Waals surface area contributed by atoms with Gasteiger partial charge < -0.3 is 13.7 Å². The normalized spacial score (nSPS) is 11.5. The summed E-state index contributed by atoms with van der Waals surface area (Å²) in [4.78, 5) is 7.11. The van der Waals surface area contributed by atoms with E-state index in [4.69, 9.17) is 13.8 Å². The van der Waals surface area contributed by atoms with Crippen LogP contribution in [0.1, 0.15) is 5.56 Å². The molecule has 242 valence electrons. The zero-order valence-electron chi connectivity index (χ0n) is 27.7. The van der Waals surface area contributed by atoms with Gasteiger partial charge in [-0.15, -0.1) is 0 Å². The Labute approximate surface area is 295 Å². The maximum Gasteiger partial charge on any atom is 0.231 e. The first kappa shape index (κ1) is 30.2. The molecule has 0 atom stereocenters. The number of hydrogen-bond acceptors (Lipinski definition) is 4. The second kappa shape index (κ2) is 12.8. The van der Waals surface area contributed by atoms with Crippen LogP contribution in [0, 0.1) is 0 Å². The molecule has 9 aromatic rings. The minimum absolute atomic E-state index is 0.526. The molecule has 0 radical (unpaired) electrons. The van der Waals surface area contributed by atoms with Crippen LogP contribution in [0.2, 0.25) is 0 Å². The van der Waals surface area contributed by atoms with Crippen LogP contribution in [0.4, 0.5) is 17.1 Å². The average molecular weight is 657 g/mol. The fourth-order valence-corrected chi connectivity index (χ4v) is 6.82. The maximum atomic E-state index is 6.79. The first-order valence-electron chi connectivity index (χ1n) is 17.0. The van der Waals surface area contributed by atoms with Crippen LogP contribution in [0.3, 0.4) is 0 Å². The van der Waals surface area contributed by atoms with E-state index in [1.807, 2.05) is 48.6 Å². The maximum absolute atomic E-state index is 6.79. The second-order valence-corrected chi connectivity index (χ2v) is 12.4. The lowest BCUT2D eigenvalue weighted by Gasteiger charge is -2.26. The van der Waals surface area contributed by atoms with Gasteiger partial charge in [0.15, 0.2) is 5.58 Å². The Kier molecular flexibility index (Phi) is 7.60. The monoisotopic (exact) mass is 656 g/mol. The lowest BCUT2D eigenvalue weighted by Crippen LogP contribution is -2.09. The Morgan fingerprint density at radius 1 is 0.510 bits per heavy atom. The number of benzene rings is 7. The molecule has 2 aromatic heterocycles. The van der Waals surface area contributed by atoms with E-state index in [0.29, 0.717) is 5.89 Å². The van der Waals surface area contributed by atoms with Crippen molar-refractivity contribution in [2.45, 2.75) is 0 Å². The topological polar surface area (TPSA) is 42.4 Å². The molecule has 0 amide bonds. The summed E-state index contributed by atoms with van der Waals surface area (Å²) in [5.74, 6) is 0.526. The van der Waals surface area contributed by atoms with Gasteiger partial charge in [-0.2, -0.15) is 0 Å². The predicted octanol–water partition coefficient (Wildman–Crippen LogP) is 13.4. The van der Waals surface area contributed by atoms with Crippen LogP contribution in [0.25, 0.3) is 72.8 Å². The van der Waals surface area contributed by atoms with Crippen molar-refractivity contribution in [2.75, 3.05) is 4.90 Å². The third-order valence-corrected chi connectivity index (χ3v) is 9.25. The minimum atomic E-state index is 0.526. The fraction of sp³-hybridized carbons (Fsp3) is 0. The molecule has 0 N–H and O–H groups in total. The van der Waals surface area contributed by atoms with Crippen molar-refractivity contribution in [3.8, 4) is 33.7 Å². The SMILES string of the molecule is C=C/C=C\c1cc(-c2nc3ccccc3o2)c2oc3c(-c4ccc(N(c5ccccc5)c5ccc(-c6ccccc6)cc5)cc4)cccc3c2c1. The first-order chi connectivity index (χ1) is 25.2. The number of oxazole rings is 1. The van der Waals surface area contributed by atoms with E-state index < -0.39 is 0 Å². The number of anilines is 3. The van der Waals surface area contributed by atoms with Crippen molar-refractivity contribution in [2.24, 2.45) is 0 Å². The Morgan fingerprint density at radius 3 is 1.86 bits per heavy atom. The van der Waals surface area contributed by atoms with E-state index in [1.165, 1.54) is 11.1 Å². The number of fused-ring (bicyclic) bond motifs is 4. The van der Waals surface area contributed by atoms with Crippen LogP contribution in [0.15, 0.2) is 191 Å². The summed E-state index contributed by atoms with van der Waals surface area (Å²) >= 11 is 0. The molecule has 4 nitrogen and oxygen atoms in total. The third-order valence-electron chi connectivity index (χ3n) is 9.25. The molecular formula is C47H32N2O2. The molecular weight excluding hydrogens is 625 g/mol. The van der Waals surface area contributed by atoms with Crippen molar-refractivity contribution in [1.29, 1.82) is 0 Å². The van der Waals surface area contributed by atoms with Crippen molar-refractivity contribution in [3.63, 3.8) is 0 Å². The number of para-hydroxylation sites is 4. The number of hydrogen-bond donors (Lipinski definition) is 0. The Hall–Kier alpha value is -6.91. The van der Waals surface area contributed by atoms with Gasteiger partial charge in [0.05, 0.1) is 5.56 Å². The number of aromatic nitrogens is 1. The second-order valence-electron chi connectivity index (χ2n) is 12.4. The van der Waals surface area contributed by atoms with Crippen LogP contribution in [0.5, 0.6) is 0 Å². The first-order valence-corrected chi connectivity index (χ1v) is 17.0. The quantitative estimate of drug-likeness (QED) is 0.153. The zero-order chi connectivity index (χ0) is 34.1. The van der Waals surface area contributed by atoms with Gasteiger partial charge >= 0.3 is 0 Å². The van der Waals surface area contributed by atoms with E-state index in [0.717, 1.165) is 72.4 Å². The standard InChI is InChI=1S/C47H32N2O2/c1-2-3-13-32-30-41-40-19-12-18-39(45(40)51-46(41)42(31-32)47-48-43-20-10-11-21-44(43)50-47)35-24-28-38(29-25-35)49(36-16-8-5-9-17-36)37-26-22-34(23-27-37)33-14-6-4-7-15-33/h2-31H,1H2/b13-3-. The molecule has 7 aromatic carbocycles.